The van der Waals surface area contributed by atoms with Crippen LogP contribution in [-0.4, -0.2) is 47.4 Å². The van der Waals surface area contributed by atoms with Crippen molar-refractivity contribution in [3.05, 3.63) is 48.0 Å². The predicted octanol–water partition coefficient (Wildman–Crippen LogP) is 0.688. The Morgan fingerprint density at radius 2 is 1.88 bits per heavy atom. The first-order valence-electron chi connectivity index (χ1n) is 7.53. The highest BCUT2D eigenvalue weighted by atomic mass is 32.2. The maximum Gasteiger partial charge on any atom is 0.180 e. The average molecular weight is 346 g/mol. The molecule has 0 unspecified atom stereocenters. The van der Waals surface area contributed by atoms with Crippen LogP contribution in [0.2, 0.25) is 0 Å². The van der Waals surface area contributed by atoms with Crippen LogP contribution in [0.5, 0.6) is 0 Å². The molecule has 0 aliphatic carbocycles. The Hall–Kier alpha value is -2.29. The first kappa shape index (κ1) is 16.6. The molecule has 0 radical (unpaired) electrons. The van der Waals surface area contributed by atoms with Crippen LogP contribution in [0.15, 0.2) is 47.4 Å². The summed E-state index contributed by atoms with van der Waals surface area (Å²) in [6.45, 7) is 0.179. The Kier molecular flexibility index (Phi) is 4.61. The summed E-state index contributed by atoms with van der Waals surface area (Å²) in [4.78, 5) is 0.134. The van der Waals surface area contributed by atoms with Gasteiger partial charge in [0.1, 0.15) is 5.52 Å². The molecule has 0 bridgehead atoms. The number of hydrogen-bond acceptors (Lipinski definition) is 6. The molecule has 0 saturated carbocycles. The second kappa shape index (κ2) is 6.68. The van der Waals surface area contributed by atoms with E-state index in [-0.39, 0.29) is 10.6 Å². The molecular formula is C16H18N4O3S. The molecular weight excluding hydrogens is 328 g/mol. The number of aliphatic hydroxyl groups excluding tert-OH is 1. The van der Waals surface area contributed by atoms with Gasteiger partial charge in [0.25, 0.3) is 0 Å². The number of aliphatic hydroxyl groups is 1. The zero-order chi connectivity index (χ0) is 17.2. The van der Waals surface area contributed by atoms with Crippen molar-refractivity contribution in [2.24, 2.45) is 5.73 Å². The molecule has 126 valence electrons. The summed E-state index contributed by atoms with van der Waals surface area (Å²) in [5.41, 5.74) is 8.72. The number of hydrogen-bond donors (Lipinski definition) is 2. The third kappa shape index (κ3) is 3.16. The summed E-state index contributed by atoms with van der Waals surface area (Å²) >= 11 is 0. The predicted molar refractivity (Wildman–Crippen MR) is 90.8 cm³/mol. The van der Waals surface area contributed by atoms with Gasteiger partial charge in [-0.3, -0.25) is 0 Å². The van der Waals surface area contributed by atoms with Crippen LogP contribution in [0, 0.1) is 0 Å². The summed E-state index contributed by atoms with van der Waals surface area (Å²) < 4.78 is 25.7. The van der Waals surface area contributed by atoms with Gasteiger partial charge in [-0.15, -0.1) is 5.10 Å². The van der Waals surface area contributed by atoms with E-state index >= 15 is 0 Å². The van der Waals surface area contributed by atoms with Gasteiger partial charge in [-0.05, 0) is 48.9 Å². The smallest absolute Gasteiger partial charge is 0.180 e. The minimum absolute atomic E-state index is 0.134. The first-order valence-corrected chi connectivity index (χ1v) is 9.19. The van der Waals surface area contributed by atoms with Crippen LogP contribution in [-0.2, 0) is 16.3 Å². The van der Waals surface area contributed by atoms with E-state index in [9.17, 15) is 8.42 Å². The van der Waals surface area contributed by atoms with Crippen molar-refractivity contribution in [1.82, 2.24) is 15.0 Å². The molecule has 0 amide bonds. The molecule has 24 heavy (non-hydrogen) atoms. The number of rotatable bonds is 6. The average Bonchev–Trinajstić information content (AvgIpc) is 2.99. The van der Waals surface area contributed by atoms with Crippen molar-refractivity contribution in [2.75, 3.05) is 18.9 Å². The summed E-state index contributed by atoms with van der Waals surface area (Å²) in [5.74, 6) is -0.310. The van der Waals surface area contributed by atoms with Crippen molar-refractivity contribution in [1.29, 1.82) is 0 Å². The molecule has 0 atom stereocenters. The van der Waals surface area contributed by atoms with E-state index in [1.165, 1.54) is 12.1 Å². The molecule has 2 aromatic carbocycles. The molecule has 3 aromatic rings. The number of nitrogens with two attached hydrogens (primary N) is 1. The Balaban J connectivity index is 1.99. The Morgan fingerprint density at radius 1 is 1.12 bits per heavy atom. The lowest BCUT2D eigenvalue weighted by molar-refractivity contribution is 0.319. The lowest BCUT2D eigenvalue weighted by Gasteiger charge is -2.05. The summed E-state index contributed by atoms with van der Waals surface area (Å²) in [7, 11) is -3.51. The fourth-order valence-corrected chi connectivity index (χ4v) is 3.54. The van der Waals surface area contributed by atoms with Gasteiger partial charge in [0, 0.05) is 0 Å². The number of fused-ring (bicyclic) bond motifs is 1. The van der Waals surface area contributed by atoms with Gasteiger partial charge >= 0.3 is 0 Å². The summed E-state index contributed by atoms with van der Waals surface area (Å²) in [5, 5.41) is 17.0. The summed E-state index contributed by atoms with van der Waals surface area (Å²) in [6.07, 6.45) is 0.810. The van der Waals surface area contributed by atoms with Crippen LogP contribution in [0.4, 0.5) is 0 Å². The van der Waals surface area contributed by atoms with E-state index in [1.807, 2.05) is 24.3 Å². The Morgan fingerprint density at radius 3 is 2.54 bits per heavy atom. The highest BCUT2D eigenvalue weighted by molar-refractivity contribution is 7.91. The normalized spacial score (nSPS) is 11.9. The third-order valence-corrected chi connectivity index (χ3v) is 5.44. The van der Waals surface area contributed by atoms with E-state index in [0.717, 1.165) is 17.7 Å². The van der Waals surface area contributed by atoms with Gasteiger partial charge in [0.15, 0.2) is 9.84 Å². The lowest BCUT2D eigenvalue weighted by Crippen LogP contribution is -2.09. The second-order valence-electron chi connectivity index (χ2n) is 5.40. The molecule has 0 fully saturated rings. The molecule has 0 saturated heterocycles. The number of benzene rings is 2. The fraction of sp³-hybridized carbons (Fsp3) is 0.250. The van der Waals surface area contributed by atoms with Crippen LogP contribution < -0.4 is 5.73 Å². The highest BCUT2D eigenvalue weighted by Crippen LogP contribution is 2.21. The monoisotopic (exact) mass is 346 g/mol. The minimum Gasteiger partial charge on any atom is -0.395 e. The van der Waals surface area contributed by atoms with Crippen molar-refractivity contribution in [3.63, 3.8) is 0 Å². The van der Waals surface area contributed by atoms with Crippen LogP contribution in [0.3, 0.4) is 0 Å². The van der Waals surface area contributed by atoms with E-state index in [2.05, 4.69) is 10.3 Å². The van der Waals surface area contributed by atoms with Gasteiger partial charge in [-0.1, -0.05) is 17.3 Å². The molecule has 8 heteroatoms. The minimum atomic E-state index is -3.51. The Labute approximate surface area is 139 Å². The number of aromatic nitrogens is 3. The third-order valence-electron chi connectivity index (χ3n) is 3.75. The van der Waals surface area contributed by atoms with Gasteiger partial charge in [-0.25, -0.2) is 13.1 Å². The first-order chi connectivity index (χ1) is 11.5. The SMILES string of the molecule is NCCc1ccc(-n2nnc3cc(S(=O)(=O)CCO)ccc32)cc1. The molecule has 0 spiro atoms. The van der Waals surface area contributed by atoms with Gasteiger partial charge in [-0.2, -0.15) is 0 Å². The van der Waals surface area contributed by atoms with E-state index in [4.69, 9.17) is 10.8 Å². The van der Waals surface area contributed by atoms with Gasteiger partial charge < -0.3 is 10.8 Å². The van der Waals surface area contributed by atoms with Gasteiger partial charge in [0.05, 0.1) is 28.5 Å². The lowest BCUT2D eigenvalue weighted by atomic mass is 10.1. The fourth-order valence-electron chi connectivity index (χ4n) is 2.50. The van der Waals surface area contributed by atoms with Crippen LogP contribution in [0.1, 0.15) is 5.56 Å². The second-order valence-corrected chi connectivity index (χ2v) is 7.51. The van der Waals surface area contributed by atoms with E-state index in [1.54, 1.807) is 10.7 Å². The van der Waals surface area contributed by atoms with E-state index < -0.39 is 16.4 Å². The molecule has 3 rings (SSSR count). The zero-order valence-electron chi connectivity index (χ0n) is 13.0. The van der Waals surface area contributed by atoms with Crippen molar-refractivity contribution in [3.8, 4) is 5.69 Å². The van der Waals surface area contributed by atoms with Crippen molar-refractivity contribution in [2.45, 2.75) is 11.3 Å². The standard InChI is InChI=1S/C16H18N4O3S/c17-8-7-12-1-3-13(4-2-12)20-16-6-5-14(11-15(16)18-19-20)24(22,23)10-9-21/h1-6,11,21H,7-10,17H2. The zero-order valence-corrected chi connectivity index (χ0v) is 13.8. The summed E-state index contributed by atoms with van der Waals surface area (Å²) in [6, 6.07) is 12.5. The quantitative estimate of drug-likeness (QED) is 0.679. The van der Waals surface area contributed by atoms with Crippen molar-refractivity contribution < 1.29 is 13.5 Å². The molecule has 3 N–H and O–H groups in total. The maximum atomic E-state index is 12.0. The largest absolute Gasteiger partial charge is 0.395 e. The number of nitrogens with zero attached hydrogens (tertiary/aromatic N) is 3. The number of sulfone groups is 1. The Bertz CT molecular complexity index is 949. The van der Waals surface area contributed by atoms with Crippen LogP contribution in [0.25, 0.3) is 16.7 Å². The molecule has 1 heterocycles. The van der Waals surface area contributed by atoms with Crippen LogP contribution >= 0.6 is 0 Å². The molecule has 0 aliphatic heterocycles. The molecule has 1 aromatic heterocycles. The molecule has 7 nitrogen and oxygen atoms in total. The topological polar surface area (TPSA) is 111 Å². The highest BCUT2D eigenvalue weighted by Gasteiger charge is 2.16. The van der Waals surface area contributed by atoms with Gasteiger partial charge in [0.2, 0.25) is 0 Å². The maximum absolute atomic E-state index is 12.0. The van der Waals surface area contributed by atoms with E-state index in [0.29, 0.717) is 17.6 Å². The van der Waals surface area contributed by atoms with Crippen molar-refractivity contribution >= 4 is 20.9 Å². The molecule has 0 aliphatic rings.